The third kappa shape index (κ3) is 3.69. The van der Waals surface area contributed by atoms with Crippen LogP contribution in [0.1, 0.15) is 34.7 Å². The van der Waals surface area contributed by atoms with Crippen LogP contribution in [0.2, 0.25) is 0 Å². The zero-order valence-electron chi connectivity index (χ0n) is 18.3. The number of benzene rings is 2. The van der Waals surface area contributed by atoms with Gasteiger partial charge in [0.2, 0.25) is 0 Å². The van der Waals surface area contributed by atoms with Crippen molar-refractivity contribution in [2.24, 2.45) is 0 Å². The normalized spacial score (nSPS) is 15.9. The number of piperidine rings is 1. The average Bonchev–Trinajstić information content (AvgIpc) is 3.42. The van der Waals surface area contributed by atoms with E-state index >= 15 is 0 Å². The number of rotatable bonds is 4. The van der Waals surface area contributed by atoms with E-state index in [1.807, 2.05) is 59.8 Å². The lowest BCUT2D eigenvalue weighted by Gasteiger charge is -2.38. The monoisotopic (exact) mass is 430 g/mol. The lowest BCUT2D eigenvalue weighted by atomic mass is 9.90. The lowest BCUT2D eigenvalue weighted by molar-refractivity contribution is -0.0292. The van der Waals surface area contributed by atoms with Gasteiger partial charge in [0.1, 0.15) is 5.76 Å². The van der Waals surface area contributed by atoms with Gasteiger partial charge in [-0.05, 0) is 55.2 Å². The summed E-state index contributed by atoms with van der Waals surface area (Å²) in [5.41, 5.74) is 2.76. The first-order valence-corrected chi connectivity index (χ1v) is 10.9. The zero-order chi connectivity index (χ0) is 22.3. The van der Waals surface area contributed by atoms with Gasteiger partial charge >= 0.3 is 0 Å². The molecule has 7 heteroatoms. The van der Waals surface area contributed by atoms with E-state index < -0.39 is 5.60 Å². The highest BCUT2D eigenvalue weighted by Gasteiger charge is 2.34. The van der Waals surface area contributed by atoms with Crippen LogP contribution in [0.3, 0.4) is 0 Å². The van der Waals surface area contributed by atoms with Crippen LogP contribution in [0.5, 0.6) is 0 Å². The molecule has 1 fully saturated rings. The number of aliphatic hydroxyl groups is 1. The molecular formula is C25H26N4O3. The first-order chi connectivity index (χ1) is 15.4. The van der Waals surface area contributed by atoms with Crippen molar-refractivity contribution >= 4 is 16.7 Å². The second-order valence-electron chi connectivity index (χ2n) is 8.69. The minimum atomic E-state index is -0.815. The van der Waals surface area contributed by atoms with Crippen LogP contribution in [-0.4, -0.2) is 49.3 Å². The molecule has 7 nitrogen and oxygen atoms in total. The number of aryl methyl sites for hydroxylation is 2. The Morgan fingerprint density at radius 1 is 1.19 bits per heavy atom. The van der Waals surface area contributed by atoms with Crippen LogP contribution in [0.15, 0.2) is 59.6 Å². The Hall–Kier alpha value is -3.45. The molecule has 1 aliphatic heterocycles. The van der Waals surface area contributed by atoms with Gasteiger partial charge in [-0.25, -0.2) is 4.98 Å². The lowest BCUT2D eigenvalue weighted by Crippen LogP contribution is -2.48. The van der Waals surface area contributed by atoms with Gasteiger partial charge in [0, 0.05) is 36.6 Å². The molecule has 3 heterocycles. The molecule has 0 bridgehead atoms. The number of aromatic nitrogens is 3. The Balaban J connectivity index is 1.36. The van der Waals surface area contributed by atoms with Crippen molar-refractivity contribution in [3.63, 3.8) is 0 Å². The summed E-state index contributed by atoms with van der Waals surface area (Å²) in [6, 6.07) is 11.9. The van der Waals surface area contributed by atoms with Crippen LogP contribution in [0, 0.1) is 13.8 Å². The predicted octanol–water partition coefficient (Wildman–Crippen LogP) is 3.98. The standard InChI is InChI=1S/C25H26N4O3/c1-17-23(18(2)32-27-17)22-5-3-4-19-14-20(6-7-21(19)22)24(30)29-11-8-25(31,9-12-29)15-28-13-10-26-16-28/h3-7,10,13-14,16,31H,8-9,11-12,15H2,1-2H3. The number of carbonyl (C=O) groups is 1. The summed E-state index contributed by atoms with van der Waals surface area (Å²) in [7, 11) is 0. The van der Waals surface area contributed by atoms with Gasteiger partial charge in [-0.3, -0.25) is 4.79 Å². The molecule has 1 amide bonds. The topological polar surface area (TPSA) is 84.4 Å². The van der Waals surface area contributed by atoms with Crippen molar-refractivity contribution in [1.29, 1.82) is 0 Å². The summed E-state index contributed by atoms with van der Waals surface area (Å²) >= 11 is 0. The van der Waals surface area contributed by atoms with Gasteiger partial charge < -0.3 is 19.1 Å². The van der Waals surface area contributed by atoms with E-state index in [0.29, 0.717) is 38.0 Å². The number of nitrogens with zero attached hydrogens (tertiary/aromatic N) is 4. The molecule has 2 aromatic heterocycles. The second kappa shape index (κ2) is 7.91. The third-order valence-corrected chi connectivity index (χ3v) is 6.45. The Labute approximate surface area is 186 Å². The fourth-order valence-corrected chi connectivity index (χ4v) is 4.69. The van der Waals surface area contributed by atoms with Crippen molar-refractivity contribution in [2.45, 2.75) is 38.8 Å². The molecule has 0 spiro atoms. The number of imidazole rings is 1. The number of amides is 1. The molecule has 0 saturated carbocycles. The summed E-state index contributed by atoms with van der Waals surface area (Å²) < 4.78 is 7.24. The number of hydrogen-bond acceptors (Lipinski definition) is 5. The predicted molar refractivity (Wildman–Crippen MR) is 121 cm³/mol. The molecule has 1 saturated heterocycles. The van der Waals surface area contributed by atoms with Crippen LogP contribution in [0.4, 0.5) is 0 Å². The minimum Gasteiger partial charge on any atom is -0.388 e. The molecule has 0 radical (unpaired) electrons. The maximum Gasteiger partial charge on any atom is 0.253 e. The highest BCUT2D eigenvalue weighted by molar-refractivity contribution is 6.03. The first kappa shape index (κ1) is 20.5. The minimum absolute atomic E-state index is 0.000627. The van der Waals surface area contributed by atoms with E-state index in [-0.39, 0.29) is 5.91 Å². The number of likely N-dealkylation sites (tertiary alicyclic amines) is 1. The molecule has 0 aliphatic carbocycles. The van der Waals surface area contributed by atoms with Crippen LogP contribution < -0.4 is 0 Å². The Morgan fingerprint density at radius 2 is 2.00 bits per heavy atom. The van der Waals surface area contributed by atoms with Gasteiger partial charge in [0.15, 0.2) is 0 Å². The largest absolute Gasteiger partial charge is 0.388 e. The van der Waals surface area contributed by atoms with Gasteiger partial charge in [-0.1, -0.05) is 29.4 Å². The molecule has 5 rings (SSSR count). The summed E-state index contributed by atoms with van der Waals surface area (Å²) in [5.74, 6) is 0.783. The SMILES string of the molecule is Cc1noc(C)c1-c1cccc2cc(C(=O)N3CCC(O)(Cn4ccnc4)CC3)ccc12. The average molecular weight is 431 g/mol. The Kier molecular flexibility index (Phi) is 5.06. The van der Waals surface area contributed by atoms with Crippen LogP contribution in [-0.2, 0) is 6.54 Å². The van der Waals surface area contributed by atoms with Crippen molar-refractivity contribution in [2.75, 3.05) is 13.1 Å². The first-order valence-electron chi connectivity index (χ1n) is 10.9. The van der Waals surface area contributed by atoms with Crippen molar-refractivity contribution in [3.8, 4) is 11.1 Å². The molecule has 2 aromatic carbocycles. The molecule has 32 heavy (non-hydrogen) atoms. The van der Waals surface area contributed by atoms with Crippen molar-refractivity contribution in [1.82, 2.24) is 19.6 Å². The maximum absolute atomic E-state index is 13.2. The van der Waals surface area contributed by atoms with Gasteiger partial charge in [-0.15, -0.1) is 0 Å². The quantitative estimate of drug-likeness (QED) is 0.530. The third-order valence-electron chi connectivity index (χ3n) is 6.45. The zero-order valence-corrected chi connectivity index (χ0v) is 18.3. The molecule has 0 unspecified atom stereocenters. The molecule has 164 valence electrons. The van der Waals surface area contributed by atoms with Crippen molar-refractivity contribution in [3.05, 3.63) is 72.1 Å². The molecule has 4 aromatic rings. The fraction of sp³-hybridized carbons (Fsp3) is 0.320. The second-order valence-corrected chi connectivity index (χ2v) is 8.69. The Bertz CT molecular complexity index is 1250. The van der Waals surface area contributed by atoms with Crippen molar-refractivity contribution < 1.29 is 14.4 Å². The van der Waals surface area contributed by atoms with E-state index in [9.17, 15) is 9.90 Å². The summed E-state index contributed by atoms with van der Waals surface area (Å²) in [6.07, 6.45) is 6.35. The van der Waals surface area contributed by atoms with Gasteiger partial charge in [0.05, 0.1) is 24.2 Å². The van der Waals surface area contributed by atoms with E-state index in [2.05, 4.69) is 16.2 Å². The van der Waals surface area contributed by atoms with E-state index in [0.717, 1.165) is 33.4 Å². The number of fused-ring (bicyclic) bond motifs is 1. The highest BCUT2D eigenvalue weighted by atomic mass is 16.5. The molecule has 0 atom stereocenters. The van der Waals surface area contributed by atoms with Gasteiger partial charge in [-0.2, -0.15) is 0 Å². The van der Waals surface area contributed by atoms with Crippen LogP contribution in [0.25, 0.3) is 21.9 Å². The summed E-state index contributed by atoms with van der Waals surface area (Å²) in [6.45, 7) is 5.40. The fourth-order valence-electron chi connectivity index (χ4n) is 4.69. The van der Waals surface area contributed by atoms with E-state index in [4.69, 9.17) is 4.52 Å². The van der Waals surface area contributed by atoms with E-state index in [1.54, 1.807) is 12.5 Å². The smallest absolute Gasteiger partial charge is 0.253 e. The van der Waals surface area contributed by atoms with Gasteiger partial charge in [0.25, 0.3) is 5.91 Å². The highest BCUT2D eigenvalue weighted by Crippen LogP contribution is 2.34. The molecule has 1 N–H and O–H groups in total. The molecular weight excluding hydrogens is 404 g/mol. The summed E-state index contributed by atoms with van der Waals surface area (Å²) in [5, 5.41) is 17.1. The number of carbonyl (C=O) groups excluding carboxylic acids is 1. The van der Waals surface area contributed by atoms with E-state index in [1.165, 1.54) is 0 Å². The van der Waals surface area contributed by atoms with Crippen LogP contribution >= 0.6 is 0 Å². The maximum atomic E-state index is 13.2. The Morgan fingerprint density at radius 3 is 2.69 bits per heavy atom. The number of hydrogen-bond donors (Lipinski definition) is 1. The summed E-state index contributed by atoms with van der Waals surface area (Å²) in [4.78, 5) is 19.1. The molecule has 1 aliphatic rings.